The fourth-order valence-electron chi connectivity index (χ4n) is 3.75. The van der Waals surface area contributed by atoms with Crippen LogP contribution < -0.4 is 5.32 Å². The second-order valence-electron chi connectivity index (χ2n) is 9.36. The SMILES string of the molecule is CC(C)(C)NC(=O)[C@H](Cc1ccccc1)N(Cc1cccc(Br)c1)C(=O)Cc1ccccc1F. The van der Waals surface area contributed by atoms with Gasteiger partial charge in [0.1, 0.15) is 11.9 Å². The topological polar surface area (TPSA) is 49.4 Å². The van der Waals surface area contributed by atoms with Crippen LogP contribution >= 0.6 is 15.9 Å². The van der Waals surface area contributed by atoms with Gasteiger partial charge in [-0.05, 0) is 55.7 Å². The second-order valence-corrected chi connectivity index (χ2v) is 10.3. The summed E-state index contributed by atoms with van der Waals surface area (Å²) in [5.41, 5.74) is 1.65. The molecule has 0 spiro atoms. The summed E-state index contributed by atoms with van der Waals surface area (Å²) in [5.74, 6) is -0.986. The van der Waals surface area contributed by atoms with Crippen molar-refractivity contribution in [1.29, 1.82) is 0 Å². The predicted octanol–water partition coefficient (Wildman–Crippen LogP) is 5.69. The van der Waals surface area contributed by atoms with Crippen molar-refractivity contribution in [3.63, 3.8) is 0 Å². The smallest absolute Gasteiger partial charge is 0.243 e. The lowest BCUT2D eigenvalue weighted by Crippen LogP contribution is -2.54. The van der Waals surface area contributed by atoms with E-state index >= 15 is 0 Å². The molecule has 0 heterocycles. The van der Waals surface area contributed by atoms with E-state index < -0.39 is 17.4 Å². The zero-order valence-electron chi connectivity index (χ0n) is 19.7. The van der Waals surface area contributed by atoms with Crippen LogP contribution in [0.15, 0.2) is 83.3 Å². The molecular formula is C28H30BrFN2O2. The molecule has 0 aliphatic heterocycles. The largest absolute Gasteiger partial charge is 0.350 e. The van der Waals surface area contributed by atoms with Crippen molar-refractivity contribution in [2.45, 2.75) is 51.7 Å². The third kappa shape index (κ3) is 7.52. The molecule has 0 saturated heterocycles. The van der Waals surface area contributed by atoms with Crippen LogP contribution in [0.25, 0.3) is 0 Å². The standard InChI is InChI=1S/C28H30BrFN2O2/c1-28(2,3)31-27(34)25(17-20-10-5-4-6-11-20)32(19-21-12-9-14-23(29)16-21)26(33)18-22-13-7-8-15-24(22)30/h4-16,25H,17-19H2,1-3H3,(H,31,34)/t25-/m0/s1. The summed E-state index contributed by atoms with van der Waals surface area (Å²) < 4.78 is 15.2. The highest BCUT2D eigenvalue weighted by Crippen LogP contribution is 2.20. The number of halogens is 2. The zero-order valence-corrected chi connectivity index (χ0v) is 21.3. The summed E-state index contributed by atoms with van der Waals surface area (Å²) in [4.78, 5) is 28.7. The first-order chi connectivity index (χ1) is 16.1. The van der Waals surface area contributed by atoms with Crippen molar-refractivity contribution in [2.24, 2.45) is 0 Å². The number of carbonyl (C=O) groups excluding carboxylic acids is 2. The fraction of sp³-hybridized carbons (Fsp3) is 0.286. The minimum Gasteiger partial charge on any atom is -0.350 e. The van der Waals surface area contributed by atoms with E-state index in [1.165, 1.54) is 6.07 Å². The number of hydrogen-bond donors (Lipinski definition) is 1. The third-order valence-corrected chi connectivity index (χ3v) is 5.80. The molecule has 0 aliphatic rings. The maximum Gasteiger partial charge on any atom is 0.243 e. The highest BCUT2D eigenvalue weighted by molar-refractivity contribution is 9.10. The number of carbonyl (C=O) groups is 2. The summed E-state index contributed by atoms with van der Waals surface area (Å²) in [6.07, 6.45) is 0.217. The molecule has 178 valence electrons. The first-order valence-corrected chi connectivity index (χ1v) is 12.0. The van der Waals surface area contributed by atoms with E-state index in [0.717, 1.165) is 15.6 Å². The molecule has 4 nitrogen and oxygen atoms in total. The Balaban J connectivity index is 2.00. The van der Waals surface area contributed by atoms with E-state index in [1.807, 2.05) is 75.4 Å². The lowest BCUT2D eigenvalue weighted by atomic mass is 9.99. The highest BCUT2D eigenvalue weighted by atomic mass is 79.9. The van der Waals surface area contributed by atoms with Gasteiger partial charge in [-0.2, -0.15) is 0 Å². The monoisotopic (exact) mass is 524 g/mol. The lowest BCUT2D eigenvalue weighted by Gasteiger charge is -2.34. The molecule has 0 aromatic heterocycles. The maximum absolute atomic E-state index is 14.4. The number of amides is 2. The van der Waals surface area contributed by atoms with Crippen molar-refractivity contribution < 1.29 is 14.0 Å². The molecular weight excluding hydrogens is 495 g/mol. The van der Waals surface area contributed by atoms with Crippen LogP contribution in [0.4, 0.5) is 4.39 Å². The first kappa shape index (κ1) is 25.6. The molecule has 2 amide bonds. The summed E-state index contributed by atoms with van der Waals surface area (Å²) in [6, 6.07) is 22.7. The molecule has 0 bridgehead atoms. The summed E-state index contributed by atoms with van der Waals surface area (Å²) >= 11 is 3.48. The molecule has 0 saturated carbocycles. The normalized spacial score (nSPS) is 12.1. The average molecular weight is 525 g/mol. The van der Waals surface area contributed by atoms with Gasteiger partial charge >= 0.3 is 0 Å². The van der Waals surface area contributed by atoms with Crippen molar-refractivity contribution in [3.8, 4) is 0 Å². The zero-order chi connectivity index (χ0) is 24.7. The van der Waals surface area contributed by atoms with Crippen molar-refractivity contribution in [1.82, 2.24) is 10.2 Å². The summed E-state index contributed by atoms with van der Waals surface area (Å²) in [6.45, 7) is 5.95. The van der Waals surface area contributed by atoms with Gasteiger partial charge in [-0.15, -0.1) is 0 Å². The van der Waals surface area contributed by atoms with E-state index in [4.69, 9.17) is 0 Å². The van der Waals surface area contributed by atoms with Crippen molar-refractivity contribution >= 4 is 27.7 Å². The van der Waals surface area contributed by atoms with Gasteiger partial charge in [-0.1, -0.05) is 76.6 Å². The van der Waals surface area contributed by atoms with Gasteiger partial charge in [0.2, 0.25) is 11.8 Å². The number of rotatable bonds is 8. The van der Waals surface area contributed by atoms with Crippen LogP contribution in [0.5, 0.6) is 0 Å². The second kappa shape index (κ2) is 11.4. The quantitative estimate of drug-likeness (QED) is 0.411. The van der Waals surface area contributed by atoms with E-state index in [0.29, 0.717) is 12.0 Å². The molecule has 0 unspecified atom stereocenters. The summed E-state index contributed by atoms with van der Waals surface area (Å²) in [7, 11) is 0. The average Bonchev–Trinajstić information content (AvgIpc) is 2.77. The van der Waals surface area contributed by atoms with Crippen LogP contribution in [0.2, 0.25) is 0 Å². The van der Waals surface area contributed by atoms with Gasteiger partial charge in [-0.25, -0.2) is 4.39 Å². The molecule has 6 heteroatoms. The Morgan fingerprint density at radius 2 is 1.59 bits per heavy atom. The van der Waals surface area contributed by atoms with E-state index in [1.54, 1.807) is 23.1 Å². The van der Waals surface area contributed by atoms with E-state index in [-0.39, 0.29) is 24.8 Å². The van der Waals surface area contributed by atoms with Gasteiger partial charge in [-0.3, -0.25) is 9.59 Å². The summed E-state index contributed by atoms with van der Waals surface area (Å²) in [5, 5.41) is 3.03. The maximum atomic E-state index is 14.4. The molecule has 1 N–H and O–H groups in total. The van der Waals surface area contributed by atoms with Gasteiger partial charge in [0.05, 0.1) is 6.42 Å². The van der Waals surface area contributed by atoms with Crippen LogP contribution in [0, 0.1) is 5.82 Å². The Labute approximate surface area is 209 Å². The molecule has 1 atom stereocenters. The van der Waals surface area contributed by atoms with Gasteiger partial charge in [0, 0.05) is 23.0 Å². The first-order valence-electron chi connectivity index (χ1n) is 11.3. The van der Waals surface area contributed by atoms with Crippen LogP contribution in [0.3, 0.4) is 0 Å². The Morgan fingerprint density at radius 1 is 0.941 bits per heavy atom. The minimum atomic E-state index is -0.764. The molecule has 0 aliphatic carbocycles. The number of nitrogens with zero attached hydrogens (tertiary/aromatic N) is 1. The number of nitrogens with one attached hydrogen (secondary N) is 1. The number of benzene rings is 3. The molecule has 0 fully saturated rings. The minimum absolute atomic E-state index is 0.130. The Morgan fingerprint density at radius 3 is 2.24 bits per heavy atom. The Hall–Kier alpha value is -2.99. The van der Waals surface area contributed by atoms with E-state index in [2.05, 4.69) is 21.2 Å². The molecule has 0 radical (unpaired) electrons. The molecule has 3 aromatic rings. The van der Waals surface area contributed by atoms with E-state index in [9.17, 15) is 14.0 Å². The highest BCUT2D eigenvalue weighted by Gasteiger charge is 2.32. The molecule has 34 heavy (non-hydrogen) atoms. The third-order valence-electron chi connectivity index (χ3n) is 5.31. The van der Waals surface area contributed by atoms with Gasteiger partial charge in [0.25, 0.3) is 0 Å². The van der Waals surface area contributed by atoms with Crippen molar-refractivity contribution in [2.75, 3.05) is 0 Å². The van der Waals surface area contributed by atoms with Crippen LogP contribution in [-0.2, 0) is 29.0 Å². The Kier molecular flexibility index (Phi) is 8.61. The lowest BCUT2D eigenvalue weighted by molar-refractivity contribution is -0.141. The van der Waals surface area contributed by atoms with Crippen LogP contribution in [-0.4, -0.2) is 28.3 Å². The van der Waals surface area contributed by atoms with Crippen molar-refractivity contribution in [3.05, 3.63) is 106 Å². The fourth-order valence-corrected chi connectivity index (χ4v) is 4.19. The predicted molar refractivity (Wildman–Crippen MR) is 137 cm³/mol. The number of hydrogen-bond acceptors (Lipinski definition) is 2. The van der Waals surface area contributed by atoms with Crippen LogP contribution in [0.1, 0.15) is 37.5 Å². The molecule has 3 aromatic carbocycles. The van der Waals surface area contributed by atoms with Gasteiger partial charge < -0.3 is 10.2 Å². The van der Waals surface area contributed by atoms with Gasteiger partial charge in [0.15, 0.2) is 0 Å². The Bertz CT molecular complexity index is 1130. The molecule has 3 rings (SSSR count).